The Morgan fingerprint density at radius 3 is 2.45 bits per heavy atom. The Kier molecular flexibility index (Phi) is 5.22. The van der Waals surface area contributed by atoms with E-state index in [0.29, 0.717) is 10.8 Å². The summed E-state index contributed by atoms with van der Waals surface area (Å²) in [6.45, 7) is 1.17. The zero-order chi connectivity index (χ0) is 21.2. The van der Waals surface area contributed by atoms with Crippen molar-refractivity contribution in [1.29, 1.82) is 5.41 Å². The molecule has 29 heavy (non-hydrogen) atoms. The standard InChI is InChI=1S/C18H15F3N6O2/c1-11-14(3-2-4-15(11)18(19,20)21)16(28)27(17(22)23)29-13-7-5-12(6-8-13)26-10-9-24-25-26/h2-10H,1H3,(H3,22,23). The second kappa shape index (κ2) is 7.62. The van der Waals surface area contributed by atoms with Gasteiger partial charge in [0.1, 0.15) is 0 Å². The molecule has 0 unspecified atom stereocenters. The van der Waals surface area contributed by atoms with E-state index >= 15 is 0 Å². The van der Waals surface area contributed by atoms with Gasteiger partial charge in [-0.05, 0) is 48.9 Å². The number of amides is 1. The summed E-state index contributed by atoms with van der Waals surface area (Å²) in [5, 5.41) is 15.5. The van der Waals surface area contributed by atoms with Gasteiger partial charge < -0.3 is 10.6 Å². The van der Waals surface area contributed by atoms with Crippen molar-refractivity contribution in [1.82, 2.24) is 20.1 Å². The molecule has 0 saturated carbocycles. The van der Waals surface area contributed by atoms with Crippen LogP contribution in [0.25, 0.3) is 5.69 Å². The lowest BCUT2D eigenvalue weighted by atomic mass is 10.0. The van der Waals surface area contributed by atoms with Crippen molar-refractivity contribution in [2.24, 2.45) is 5.73 Å². The van der Waals surface area contributed by atoms with Crippen molar-refractivity contribution in [3.63, 3.8) is 0 Å². The Balaban J connectivity index is 1.87. The van der Waals surface area contributed by atoms with Crippen LogP contribution in [0.15, 0.2) is 54.9 Å². The fourth-order valence-electron chi connectivity index (χ4n) is 2.59. The van der Waals surface area contributed by atoms with E-state index < -0.39 is 23.6 Å². The Morgan fingerprint density at radius 2 is 1.90 bits per heavy atom. The molecular weight excluding hydrogens is 389 g/mol. The van der Waals surface area contributed by atoms with Gasteiger partial charge in [0.2, 0.25) is 5.96 Å². The van der Waals surface area contributed by atoms with E-state index in [2.05, 4.69) is 10.3 Å². The monoisotopic (exact) mass is 404 g/mol. The summed E-state index contributed by atoms with van der Waals surface area (Å²) in [5.74, 6) is -1.64. The molecule has 1 heterocycles. The third-order valence-electron chi connectivity index (χ3n) is 3.99. The van der Waals surface area contributed by atoms with Crippen LogP contribution >= 0.6 is 0 Å². The number of hydrogen-bond acceptors (Lipinski definition) is 5. The zero-order valence-electron chi connectivity index (χ0n) is 15.0. The largest absolute Gasteiger partial charge is 0.416 e. The quantitative estimate of drug-likeness (QED) is 0.395. The van der Waals surface area contributed by atoms with Crippen LogP contribution in [0.3, 0.4) is 0 Å². The zero-order valence-corrected chi connectivity index (χ0v) is 15.0. The normalized spacial score (nSPS) is 11.2. The fourth-order valence-corrected chi connectivity index (χ4v) is 2.59. The van der Waals surface area contributed by atoms with Crippen molar-refractivity contribution >= 4 is 11.9 Å². The number of hydroxylamine groups is 2. The summed E-state index contributed by atoms with van der Waals surface area (Å²) < 4.78 is 40.8. The second-order valence-corrected chi connectivity index (χ2v) is 5.89. The molecule has 0 fully saturated rings. The predicted molar refractivity (Wildman–Crippen MR) is 96.3 cm³/mol. The molecule has 0 atom stereocenters. The van der Waals surface area contributed by atoms with Gasteiger partial charge in [0.25, 0.3) is 5.91 Å². The number of hydrogen-bond donors (Lipinski definition) is 2. The van der Waals surface area contributed by atoms with Crippen LogP contribution in [-0.2, 0) is 6.18 Å². The molecule has 3 rings (SSSR count). The van der Waals surface area contributed by atoms with E-state index in [1.165, 1.54) is 36.0 Å². The van der Waals surface area contributed by atoms with Gasteiger partial charge in [0.15, 0.2) is 5.75 Å². The Hall–Kier alpha value is -3.89. The molecular formula is C18H15F3N6O2. The molecule has 0 radical (unpaired) electrons. The molecule has 3 N–H and O–H groups in total. The summed E-state index contributed by atoms with van der Waals surface area (Å²) in [6, 6.07) is 9.38. The van der Waals surface area contributed by atoms with Crippen molar-refractivity contribution in [3.05, 3.63) is 71.5 Å². The maximum Gasteiger partial charge on any atom is 0.416 e. The first-order valence-electron chi connectivity index (χ1n) is 8.18. The molecule has 0 aliphatic carbocycles. The van der Waals surface area contributed by atoms with E-state index in [-0.39, 0.29) is 16.9 Å². The number of nitrogens with one attached hydrogen (secondary N) is 1. The van der Waals surface area contributed by atoms with E-state index in [1.54, 1.807) is 18.3 Å². The second-order valence-electron chi connectivity index (χ2n) is 5.89. The third-order valence-corrected chi connectivity index (χ3v) is 3.99. The SMILES string of the molecule is Cc1c(C(=O)N(Oc2ccc(-n3ccnn3)cc2)C(=N)N)cccc1C(F)(F)F. The first-order valence-corrected chi connectivity index (χ1v) is 8.18. The summed E-state index contributed by atoms with van der Waals surface area (Å²) in [6.07, 6.45) is -1.50. The first kappa shape index (κ1) is 19.9. The van der Waals surface area contributed by atoms with E-state index in [9.17, 15) is 18.0 Å². The van der Waals surface area contributed by atoms with Gasteiger partial charge in [0.05, 0.1) is 23.6 Å². The number of halogens is 3. The summed E-state index contributed by atoms with van der Waals surface area (Å²) in [4.78, 5) is 18.1. The van der Waals surface area contributed by atoms with Crippen LogP contribution in [0.1, 0.15) is 21.5 Å². The first-order chi connectivity index (χ1) is 13.7. The van der Waals surface area contributed by atoms with Gasteiger partial charge in [-0.15, -0.1) is 10.2 Å². The van der Waals surface area contributed by atoms with Gasteiger partial charge in [-0.2, -0.15) is 13.2 Å². The summed E-state index contributed by atoms with van der Waals surface area (Å²) in [7, 11) is 0. The Bertz CT molecular complexity index is 1030. The molecule has 0 spiro atoms. The Labute approximate surface area is 162 Å². The molecule has 0 aliphatic rings. The summed E-state index contributed by atoms with van der Waals surface area (Å²) in [5.41, 5.74) is 4.55. The van der Waals surface area contributed by atoms with Crippen LogP contribution in [0, 0.1) is 12.3 Å². The minimum atomic E-state index is -4.63. The van der Waals surface area contributed by atoms with Gasteiger partial charge >= 0.3 is 6.18 Å². The number of alkyl halides is 3. The highest BCUT2D eigenvalue weighted by Crippen LogP contribution is 2.33. The topological polar surface area (TPSA) is 110 Å². The van der Waals surface area contributed by atoms with Crippen LogP contribution in [0.2, 0.25) is 0 Å². The maximum absolute atomic E-state index is 13.1. The number of nitrogens with two attached hydrogens (primary N) is 1. The highest BCUT2D eigenvalue weighted by molar-refractivity contribution is 6.04. The number of benzene rings is 2. The van der Waals surface area contributed by atoms with Crippen LogP contribution < -0.4 is 10.6 Å². The third kappa shape index (κ3) is 4.18. The van der Waals surface area contributed by atoms with Gasteiger partial charge in [0, 0.05) is 5.56 Å². The van der Waals surface area contributed by atoms with Crippen molar-refractivity contribution < 1.29 is 22.8 Å². The van der Waals surface area contributed by atoms with E-state index in [1.807, 2.05) is 0 Å². The highest BCUT2D eigenvalue weighted by atomic mass is 19.4. The van der Waals surface area contributed by atoms with Crippen LogP contribution in [0.5, 0.6) is 5.75 Å². The van der Waals surface area contributed by atoms with Crippen LogP contribution in [-0.4, -0.2) is 31.9 Å². The molecule has 2 aromatic carbocycles. The number of nitrogens with zero attached hydrogens (tertiary/aromatic N) is 4. The average molecular weight is 404 g/mol. The maximum atomic E-state index is 13.1. The van der Waals surface area contributed by atoms with E-state index in [0.717, 1.165) is 12.1 Å². The molecule has 1 aromatic heterocycles. The lowest BCUT2D eigenvalue weighted by Crippen LogP contribution is -2.44. The molecule has 150 valence electrons. The van der Waals surface area contributed by atoms with Gasteiger partial charge in [-0.1, -0.05) is 11.3 Å². The lowest BCUT2D eigenvalue weighted by molar-refractivity contribution is -0.138. The number of carbonyl (C=O) groups is 1. The smallest absolute Gasteiger partial charge is 0.369 e. The average Bonchev–Trinajstić information content (AvgIpc) is 3.20. The minimum absolute atomic E-state index is 0.141. The lowest BCUT2D eigenvalue weighted by Gasteiger charge is -2.22. The van der Waals surface area contributed by atoms with Gasteiger partial charge in [-0.25, -0.2) is 4.68 Å². The fraction of sp³-hybridized carbons (Fsp3) is 0.111. The predicted octanol–water partition coefficient (Wildman–Crippen LogP) is 2.92. The molecule has 8 nitrogen and oxygen atoms in total. The highest BCUT2D eigenvalue weighted by Gasteiger charge is 2.34. The molecule has 11 heteroatoms. The van der Waals surface area contributed by atoms with Crippen LogP contribution in [0.4, 0.5) is 13.2 Å². The minimum Gasteiger partial charge on any atom is -0.369 e. The molecule has 0 saturated heterocycles. The number of aromatic nitrogens is 3. The number of rotatable bonds is 4. The molecule has 0 bridgehead atoms. The van der Waals surface area contributed by atoms with E-state index in [4.69, 9.17) is 16.0 Å². The molecule has 0 aliphatic heterocycles. The van der Waals surface area contributed by atoms with Crippen molar-refractivity contribution in [3.8, 4) is 11.4 Å². The number of carbonyl (C=O) groups excluding carboxylic acids is 1. The molecule has 3 aromatic rings. The Morgan fingerprint density at radius 1 is 1.21 bits per heavy atom. The van der Waals surface area contributed by atoms with Crippen molar-refractivity contribution in [2.45, 2.75) is 13.1 Å². The summed E-state index contributed by atoms with van der Waals surface area (Å²) >= 11 is 0. The molecule has 1 amide bonds. The van der Waals surface area contributed by atoms with Gasteiger partial charge in [-0.3, -0.25) is 10.2 Å². The van der Waals surface area contributed by atoms with Crippen molar-refractivity contribution in [2.75, 3.05) is 0 Å². The number of guanidine groups is 1.